The predicted molar refractivity (Wildman–Crippen MR) is 64.5 cm³/mol. The number of carbonyl (C=O) groups is 3. The van der Waals surface area contributed by atoms with E-state index in [0.29, 0.717) is 30.9 Å². The van der Waals surface area contributed by atoms with Crippen LogP contribution in [0.2, 0.25) is 0 Å². The molecule has 1 aliphatic heterocycles. The smallest absolute Gasteiger partial charge is 0.298 e. The second kappa shape index (κ2) is 5.00. The van der Waals surface area contributed by atoms with Gasteiger partial charge in [-0.2, -0.15) is 0 Å². The Labute approximate surface area is 104 Å². The molecule has 0 radical (unpaired) electrons. The summed E-state index contributed by atoms with van der Waals surface area (Å²) in [5, 5.41) is 0. The van der Waals surface area contributed by atoms with E-state index in [-0.39, 0.29) is 18.1 Å². The Balaban J connectivity index is 2.31. The zero-order valence-corrected chi connectivity index (χ0v) is 10.0. The van der Waals surface area contributed by atoms with Gasteiger partial charge in [-0.05, 0) is 18.6 Å². The monoisotopic (exact) mass is 247 g/mol. The molecule has 0 unspecified atom stereocenters. The van der Waals surface area contributed by atoms with Crippen LogP contribution in [0.15, 0.2) is 18.2 Å². The molecule has 0 bridgehead atoms. The molecule has 1 aliphatic rings. The Morgan fingerprint density at radius 1 is 1.33 bits per heavy atom. The first-order chi connectivity index (χ1) is 8.61. The molecule has 0 atom stereocenters. The molecular weight excluding hydrogens is 234 g/mol. The average molecular weight is 247 g/mol. The Bertz CT molecular complexity index is 510. The van der Waals surface area contributed by atoms with Gasteiger partial charge in [-0.3, -0.25) is 14.4 Å². The number of piperidine rings is 1. The van der Waals surface area contributed by atoms with Gasteiger partial charge in [0.1, 0.15) is 11.5 Å². The average Bonchev–Trinajstić information content (AvgIpc) is 2.33. The Morgan fingerprint density at radius 3 is 2.78 bits per heavy atom. The number of carbonyl (C=O) groups excluding carboxylic acids is 3. The minimum absolute atomic E-state index is 0.0331. The fraction of sp³-hybridized carbons (Fsp3) is 0.308. The van der Waals surface area contributed by atoms with Crippen molar-refractivity contribution in [3.8, 4) is 5.75 Å². The Kier molecular flexibility index (Phi) is 3.41. The van der Waals surface area contributed by atoms with Gasteiger partial charge < -0.3 is 9.64 Å². The lowest BCUT2D eigenvalue weighted by molar-refractivity contribution is -0.128. The highest BCUT2D eigenvalue weighted by atomic mass is 16.5. The maximum absolute atomic E-state index is 11.8. The highest BCUT2D eigenvalue weighted by Crippen LogP contribution is 2.27. The molecule has 0 aliphatic carbocycles. The minimum Gasteiger partial charge on any atom is -0.429 e. The molecule has 1 heterocycles. The van der Waals surface area contributed by atoms with Gasteiger partial charge in [-0.1, -0.05) is 6.07 Å². The fourth-order valence-electron chi connectivity index (χ4n) is 1.98. The van der Waals surface area contributed by atoms with Crippen LogP contribution in [0.3, 0.4) is 0 Å². The third-order valence-corrected chi connectivity index (χ3v) is 2.92. The van der Waals surface area contributed by atoms with Gasteiger partial charge in [0.15, 0.2) is 0 Å². The summed E-state index contributed by atoms with van der Waals surface area (Å²) in [5.41, 5.74) is 1.59. The second-order valence-corrected chi connectivity index (χ2v) is 4.17. The number of ketones is 1. The summed E-state index contributed by atoms with van der Waals surface area (Å²) < 4.78 is 4.76. The number of nitrogens with zero attached hydrogens (tertiary/aromatic N) is 1. The van der Waals surface area contributed by atoms with E-state index in [9.17, 15) is 14.4 Å². The summed E-state index contributed by atoms with van der Waals surface area (Å²) in [5.74, 6) is 0.141. The van der Waals surface area contributed by atoms with Crippen molar-refractivity contribution >= 4 is 23.9 Å². The highest BCUT2D eigenvalue weighted by Gasteiger charge is 2.26. The number of aryl methyl sites for hydroxylation is 1. The van der Waals surface area contributed by atoms with E-state index >= 15 is 0 Å². The van der Waals surface area contributed by atoms with E-state index in [2.05, 4.69) is 0 Å². The maximum Gasteiger partial charge on any atom is 0.298 e. The predicted octanol–water partition coefficient (Wildman–Crippen LogP) is 1.23. The quantitative estimate of drug-likeness (QED) is 0.595. The number of anilines is 1. The summed E-state index contributed by atoms with van der Waals surface area (Å²) in [4.78, 5) is 34.9. The standard InChI is InChI=1S/C13H13NO4/c1-9-2-3-11(18-8-15)7-12(9)14-5-4-10(16)6-13(14)17/h2-3,7-8H,4-6H2,1H3. The van der Waals surface area contributed by atoms with Crippen LogP contribution in [0.5, 0.6) is 5.75 Å². The van der Waals surface area contributed by atoms with Crippen molar-refractivity contribution in [3.05, 3.63) is 23.8 Å². The van der Waals surface area contributed by atoms with Crippen LogP contribution < -0.4 is 9.64 Å². The lowest BCUT2D eigenvalue weighted by Crippen LogP contribution is -2.39. The van der Waals surface area contributed by atoms with E-state index < -0.39 is 0 Å². The van der Waals surface area contributed by atoms with Crippen molar-refractivity contribution in [2.45, 2.75) is 19.8 Å². The molecule has 2 rings (SSSR count). The second-order valence-electron chi connectivity index (χ2n) is 4.17. The third-order valence-electron chi connectivity index (χ3n) is 2.92. The van der Waals surface area contributed by atoms with Crippen LogP contribution in [-0.4, -0.2) is 24.7 Å². The number of Topliss-reactive ketones (excluding diaryl/α,β-unsaturated/α-hetero) is 1. The molecule has 1 aromatic carbocycles. The first-order valence-electron chi connectivity index (χ1n) is 5.65. The van der Waals surface area contributed by atoms with Crippen LogP contribution in [0.25, 0.3) is 0 Å². The van der Waals surface area contributed by atoms with E-state index in [1.165, 1.54) is 0 Å². The Hall–Kier alpha value is -2.17. The van der Waals surface area contributed by atoms with Crippen molar-refractivity contribution in [2.75, 3.05) is 11.4 Å². The van der Waals surface area contributed by atoms with Crippen molar-refractivity contribution in [3.63, 3.8) is 0 Å². The van der Waals surface area contributed by atoms with E-state index in [0.717, 1.165) is 5.56 Å². The van der Waals surface area contributed by atoms with Crippen molar-refractivity contribution in [2.24, 2.45) is 0 Å². The van der Waals surface area contributed by atoms with Gasteiger partial charge in [-0.15, -0.1) is 0 Å². The van der Waals surface area contributed by atoms with Crippen molar-refractivity contribution in [1.29, 1.82) is 0 Å². The first-order valence-corrected chi connectivity index (χ1v) is 5.65. The number of hydrogen-bond acceptors (Lipinski definition) is 4. The molecule has 0 spiro atoms. The molecule has 1 aromatic rings. The zero-order chi connectivity index (χ0) is 13.1. The number of hydrogen-bond donors (Lipinski definition) is 0. The molecular formula is C13H13NO4. The van der Waals surface area contributed by atoms with E-state index in [1.54, 1.807) is 23.1 Å². The molecule has 0 aromatic heterocycles. The summed E-state index contributed by atoms with van der Waals surface area (Å²) in [7, 11) is 0. The molecule has 5 heteroatoms. The van der Waals surface area contributed by atoms with E-state index in [4.69, 9.17) is 4.74 Å². The molecule has 1 fully saturated rings. The van der Waals surface area contributed by atoms with Crippen LogP contribution in [-0.2, 0) is 14.4 Å². The van der Waals surface area contributed by atoms with Gasteiger partial charge in [0, 0.05) is 19.0 Å². The van der Waals surface area contributed by atoms with Gasteiger partial charge in [0.2, 0.25) is 5.91 Å². The van der Waals surface area contributed by atoms with Crippen molar-refractivity contribution < 1.29 is 19.1 Å². The fourth-order valence-corrected chi connectivity index (χ4v) is 1.98. The first kappa shape index (κ1) is 12.3. The van der Waals surface area contributed by atoms with Gasteiger partial charge in [-0.25, -0.2) is 0 Å². The third kappa shape index (κ3) is 2.40. The van der Waals surface area contributed by atoms with Crippen LogP contribution in [0, 0.1) is 6.92 Å². The highest BCUT2D eigenvalue weighted by molar-refractivity contribution is 6.08. The molecule has 94 valence electrons. The summed E-state index contributed by atoms with van der Waals surface area (Å²) in [6.45, 7) is 2.59. The van der Waals surface area contributed by atoms with Crippen LogP contribution >= 0.6 is 0 Å². The number of ether oxygens (including phenoxy) is 1. The van der Waals surface area contributed by atoms with Crippen LogP contribution in [0.4, 0.5) is 5.69 Å². The summed E-state index contributed by atoms with van der Waals surface area (Å²) in [6, 6.07) is 5.07. The summed E-state index contributed by atoms with van der Waals surface area (Å²) >= 11 is 0. The van der Waals surface area contributed by atoms with Gasteiger partial charge in [0.05, 0.1) is 12.1 Å². The SMILES string of the molecule is Cc1ccc(OC=O)cc1N1CCC(=O)CC1=O. The largest absolute Gasteiger partial charge is 0.429 e. The van der Waals surface area contributed by atoms with Gasteiger partial charge in [0.25, 0.3) is 6.47 Å². The summed E-state index contributed by atoms with van der Waals surface area (Å²) in [6.07, 6.45) is 0.308. The lowest BCUT2D eigenvalue weighted by Gasteiger charge is -2.27. The molecule has 1 amide bonds. The minimum atomic E-state index is -0.211. The normalized spacial score (nSPS) is 15.7. The van der Waals surface area contributed by atoms with Crippen LogP contribution in [0.1, 0.15) is 18.4 Å². The molecule has 5 nitrogen and oxygen atoms in total. The van der Waals surface area contributed by atoms with E-state index in [1.807, 2.05) is 6.92 Å². The van der Waals surface area contributed by atoms with Crippen molar-refractivity contribution in [1.82, 2.24) is 0 Å². The molecule has 0 saturated carbocycles. The zero-order valence-electron chi connectivity index (χ0n) is 10.0. The maximum atomic E-state index is 11.8. The number of rotatable bonds is 3. The topological polar surface area (TPSA) is 63.7 Å². The lowest BCUT2D eigenvalue weighted by atomic mass is 10.1. The Morgan fingerprint density at radius 2 is 2.11 bits per heavy atom. The molecule has 1 saturated heterocycles. The number of amides is 1. The number of benzene rings is 1. The molecule has 18 heavy (non-hydrogen) atoms. The molecule has 0 N–H and O–H groups in total. The van der Waals surface area contributed by atoms with Gasteiger partial charge >= 0.3 is 0 Å².